The Morgan fingerprint density at radius 1 is 1.20 bits per heavy atom. The average Bonchev–Trinajstić information content (AvgIpc) is 3.33. The summed E-state index contributed by atoms with van der Waals surface area (Å²) in [5.41, 5.74) is 2.60. The highest BCUT2D eigenvalue weighted by atomic mass is 32.2. The molecule has 1 amide bonds. The van der Waals surface area contributed by atoms with Gasteiger partial charge >= 0.3 is 0 Å². The molecule has 0 saturated heterocycles. The van der Waals surface area contributed by atoms with E-state index in [1.165, 1.54) is 50.4 Å². The Hall–Kier alpha value is -2.46. The Morgan fingerprint density at radius 2 is 1.89 bits per heavy atom. The zero-order chi connectivity index (χ0) is 25.5. The summed E-state index contributed by atoms with van der Waals surface area (Å²) in [5.74, 6) is 1.39. The zero-order valence-corrected chi connectivity index (χ0v) is 23.0. The van der Waals surface area contributed by atoms with E-state index >= 15 is 0 Å². The van der Waals surface area contributed by atoms with Crippen molar-refractivity contribution in [2.24, 2.45) is 5.92 Å². The van der Waals surface area contributed by atoms with Gasteiger partial charge in [0.1, 0.15) is 5.82 Å². The summed E-state index contributed by atoms with van der Waals surface area (Å²) >= 11 is 0.958. The lowest BCUT2D eigenvalue weighted by atomic mass is 9.88. The first kappa shape index (κ1) is 25.6. The molecule has 8 nitrogen and oxygen atoms in total. The molecule has 1 saturated carbocycles. The molecule has 35 heavy (non-hydrogen) atoms. The van der Waals surface area contributed by atoms with Crippen molar-refractivity contribution in [2.75, 3.05) is 16.7 Å². The fourth-order valence-electron chi connectivity index (χ4n) is 4.79. The number of nitrogens with one attached hydrogen (secondary N) is 1. The number of amides is 1. The fourth-order valence-corrected chi connectivity index (χ4v) is 7.59. The minimum atomic E-state index is -3.86. The molecule has 190 valence electrons. The van der Waals surface area contributed by atoms with E-state index in [1.807, 2.05) is 18.2 Å². The number of aromatic nitrogens is 3. The van der Waals surface area contributed by atoms with E-state index < -0.39 is 10.0 Å². The monoisotopic (exact) mass is 517 g/mol. The van der Waals surface area contributed by atoms with Gasteiger partial charge in [-0.15, -0.1) is 0 Å². The van der Waals surface area contributed by atoms with E-state index in [1.54, 1.807) is 6.92 Å². The van der Waals surface area contributed by atoms with Crippen LogP contribution < -0.4 is 9.62 Å². The minimum Gasteiger partial charge on any atom is -0.327 e. The van der Waals surface area contributed by atoms with Crippen LogP contribution in [0, 0.1) is 12.8 Å². The molecule has 1 aromatic carbocycles. The number of carbonyl (C=O) groups excluding carboxylic acids is 1. The number of aryl methyl sites for hydroxylation is 1. The van der Waals surface area contributed by atoms with E-state index in [0.717, 1.165) is 34.7 Å². The molecule has 2 heterocycles. The number of benzene rings is 1. The summed E-state index contributed by atoms with van der Waals surface area (Å²) in [4.78, 5) is 20.6. The predicted octanol–water partition coefficient (Wildman–Crippen LogP) is 5.46. The normalized spacial score (nSPS) is 15.5. The third-order valence-corrected chi connectivity index (χ3v) is 10.0. The number of nitrogens with zero attached hydrogens (tertiary/aromatic N) is 4. The largest absolute Gasteiger partial charge is 0.327 e. The molecular formula is C25H35N5O3S2. The number of hydrogen-bond donors (Lipinski definition) is 1. The highest BCUT2D eigenvalue weighted by Gasteiger charge is 2.29. The smallest absolute Gasteiger partial charge is 0.275 e. The van der Waals surface area contributed by atoms with Gasteiger partial charge in [0.05, 0.1) is 22.4 Å². The molecule has 4 rings (SSSR count). The third kappa shape index (κ3) is 5.23. The summed E-state index contributed by atoms with van der Waals surface area (Å²) in [5, 5.41) is 2.84. The van der Waals surface area contributed by atoms with Gasteiger partial charge in [0.15, 0.2) is 9.34 Å². The lowest BCUT2D eigenvalue weighted by molar-refractivity contribution is -0.114. The van der Waals surface area contributed by atoms with Gasteiger partial charge in [0.2, 0.25) is 5.91 Å². The second-order valence-electron chi connectivity index (χ2n) is 10.5. The van der Waals surface area contributed by atoms with Crippen molar-refractivity contribution in [2.45, 2.75) is 82.9 Å². The number of carbonyl (C=O) groups is 1. The number of fused-ring (bicyclic) bond motifs is 1. The molecule has 3 aromatic rings. The summed E-state index contributed by atoms with van der Waals surface area (Å²) in [6.07, 6.45) is 6.39. The first-order valence-corrected chi connectivity index (χ1v) is 14.4. The standard InChI is InChI=1S/C25H35N5O3S2/c1-16-22(34-24(26-16)27-17(2)31)35(32,33)29(6)19-12-13-21-20(14-19)28-23(25(3,4)5)30(21)15-18-10-8-7-9-11-18/h12-14,18H,7-11,15H2,1-6H3,(H,26,27,31). The number of thiazole rings is 1. The van der Waals surface area contributed by atoms with Gasteiger partial charge in [-0.05, 0) is 43.9 Å². The van der Waals surface area contributed by atoms with Crippen LogP contribution >= 0.6 is 11.3 Å². The van der Waals surface area contributed by atoms with Gasteiger partial charge < -0.3 is 9.88 Å². The second-order valence-corrected chi connectivity index (χ2v) is 13.7. The van der Waals surface area contributed by atoms with Crippen molar-refractivity contribution in [1.82, 2.24) is 14.5 Å². The number of imidazole rings is 1. The number of anilines is 2. The Morgan fingerprint density at radius 3 is 2.51 bits per heavy atom. The Labute approximate surface area is 211 Å². The maximum Gasteiger partial charge on any atom is 0.275 e. The van der Waals surface area contributed by atoms with Crippen LogP contribution in [0.1, 0.15) is 71.3 Å². The quantitative estimate of drug-likeness (QED) is 0.468. The van der Waals surface area contributed by atoms with Gasteiger partial charge in [0, 0.05) is 25.9 Å². The Kier molecular flexibility index (Phi) is 6.98. The van der Waals surface area contributed by atoms with Crippen molar-refractivity contribution in [1.29, 1.82) is 0 Å². The molecule has 10 heteroatoms. The van der Waals surface area contributed by atoms with Crippen LogP contribution in [0.25, 0.3) is 11.0 Å². The van der Waals surface area contributed by atoms with Crippen LogP contribution in [0.4, 0.5) is 10.8 Å². The molecule has 0 radical (unpaired) electrons. The third-order valence-electron chi connectivity index (χ3n) is 6.56. The van der Waals surface area contributed by atoms with Gasteiger partial charge in [-0.25, -0.2) is 18.4 Å². The summed E-state index contributed by atoms with van der Waals surface area (Å²) < 4.78 is 30.6. The molecule has 0 atom stereocenters. The average molecular weight is 518 g/mol. The van der Waals surface area contributed by atoms with Crippen molar-refractivity contribution in [3.8, 4) is 0 Å². The van der Waals surface area contributed by atoms with E-state index in [-0.39, 0.29) is 20.7 Å². The zero-order valence-electron chi connectivity index (χ0n) is 21.4. The second kappa shape index (κ2) is 9.54. The lowest BCUT2D eigenvalue weighted by Gasteiger charge is -2.26. The van der Waals surface area contributed by atoms with Gasteiger partial charge in [-0.3, -0.25) is 9.10 Å². The molecule has 0 spiro atoms. The molecule has 0 aliphatic heterocycles. The number of sulfonamides is 1. The fraction of sp³-hybridized carbons (Fsp3) is 0.560. The summed E-state index contributed by atoms with van der Waals surface area (Å²) in [6.45, 7) is 10.5. The highest BCUT2D eigenvalue weighted by Crippen LogP contribution is 2.35. The Balaban J connectivity index is 1.71. The van der Waals surface area contributed by atoms with Crippen molar-refractivity contribution in [3.63, 3.8) is 0 Å². The summed E-state index contributed by atoms with van der Waals surface area (Å²) in [6, 6.07) is 5.69. The lowest BCUT2D eigenvalue weighted by Crippen LogP contribution is -2.26. The van der Waals surface area contributed by atoms with Crippen LogP contribution in [0.15, 0.2) is 22.4 Å². The van der Waals surface area contributed by atoms with E-state index in [2.05, 4.69) is 35.6 Å². The van der Waals surface area contributed by atoms with E-state index in [9.17, 15) is 13.2 Å². The van der Waals surface area contributed by atoms with Crippen LogP contribution in [-0.2, 0) is 26.8 Å². The summed E-state index contributed by atoms with van der Waals surface area (Å²) in [7, 11) is -2.32. The predicted molar refractivity (Wildman–Crippen MR) is 142 cm³/mol. The first-order valence-electron chi connectivity index (χ1n) is 12.1. The van der Waals surface area contributed by atoms with Crippen LogP contribution in [0.3, 0.4) is 0 Å². The van der Waals surface area contributed by atoms with Crippen LogP contribution in [0.2, 0.25) is 0 Å². The molecule has 2 aromatic heterocycles. The van der Waals surface area contributed by atoms with Crippen LogP contribution in [0.5, 0.6) is 0 Å². The number of rotatable bonds is 6. The SMILES string of the molecule is CC(=O)Nc1nc(C)c(S(=O)(=O)N(C)c2ccc3c(c2)nc(C(C)(C)C)n3CC2CCCCC2)s1. The van der Waals surface area contributed by atoms with Gasteiger partial charge in [0.25, 0.3) is 10.0 Å². The molecule has 0 unspecified atom stereocenters. The topological polar surface area (TPSA) is 97.2 Å². The van der Waals surface area contributed by atoms with E-state index in [4.69, 9.17) is 4.98 Å². The van der Waals surface area contributed by atoms with Crippen LogP contribution in [-0.4, -0.2) is 35.9 Å². The molecular weight excluding hydrogens is 482 g/mol. The van der Waals surface area contributed by atoms with Crippen molar-refractivity contribution < 1.29 is 13.2 Å². The molecule has 1 aliphatic rings. The maximum atomic E-state index is 13.4. The highest BCUT2D eigenvalue weighted by molar-refractivity contribution is 7.94. The van der Waals surface area contributed by atoms with Gasteiger partial charge in [-0.1, -0.05) is 51.4 Å². The maximum absolute atomic E-state index is 13.4. The Bertz CT molecular complexity index is 1350. The van der Waals surface area contributed by atoms with Crippen molar-refractivity contribution >= 4 is 49.1 Å². The molecule has 1 N–H and O–H groups in total. The van der Waals surface area contributed by atoms with Gasteiger partial charge in [-0.2, -0.15) is 0 Å². The number of hydrogen-bond acceptors (Lipinski definition) is 6. The van der Waals surface area contributed by atoms with Crippen molar-refractivity contribution in [3.05, 3.63) is 29.7 Å². The molecule has 1 aliphatic carbocycles. The van der Waals surface area contributed by atoms with E-state index in [0.29, 0.717) is 17.3 Å². The molecule has 0 bridgehead atoms. The molecule has 1 fully saturated rings. The minimum absolute atomic E-state index is 0.113. The first-order chi connectivity index (χ1) is 16.4.